The van der Waals surface area contributed by atoms with Crippen LogP contribution in [0, 0.1) is 13.8 Å². The third-order valence-electron chi connectivity index (χ3n) is 2.47. The quantitative estimate of drug-likeness (QED) is 0.820. The number of carbonyl (C=O) groups excluding carboxylic acids is 1. The summed E-state index contributed by atoms with van der Waals surface area (Å²) in [5.74, 6) is -0.508. The summed E-state index contributed by atoms with van der Waals surface area (Å²) in [5.41, 5.74) is 0.282. The van der Waals surface area contributed by atoms with Crippen LogP contribution in [0.25, 0.3) is 0 Å². The molecule has 5 heteroatoms. The lowest BCUT2D eigenvalue weighted by Gasteiger charge is -2.13. The SMILES string of the molecule is CC.CNC(=O)c1cc(C(F)(F)F)cc(C)c1C. The first-order valence-corrected chi connectivity index (χ1v) is 5.68. The van der Waals surface area contributed by atoms with Crippen molar-refractivity contribution in [2.45, 2.75) is 33.9 Å². The van der Waals surface area contributed by atoms with Crippen molar-refractivity contribution in [3.63, 3.8) is 0 Å². The Bertz CT molecular complexity index is 425. The largest absolute Gasteiger partial charge is 0.416 e. The summed E-state index contributed by atoms with van der Waals surface area (Å²) in [6.45, 7) is 7.18. The lowest BCUT2D eigenvalue weighted by molar-refractivity contribution is -0.137. The van der Waals surface area contributed by atoms with Gasteiger partial charge in [0.1, 0.15) is 0 Å². The molecule has 0 saturated carbocycles. The molecule has 18 heavy (non-hydrogen) atoms. The molecule has 0 saturated heterocycles. The van der Waals surface area contributed by atoms with Crippen molar-refractivity contribution in [1.82, 2.24) is 5.32 Å². The highest BCUT2D eigenvalue weighted by molar-refractivity contribution is 5.96. The summed E-state index contributed by atoms with van der Waals surface area (Å²) < 4.78 is 37.5. The molecule has 0 aliphatic heterocycles. The zero-order chi connectivity index (χ0) is 14.5. The van der Waals surface area contributed by atoms with Crippen molar-refractivity contribution < 1.29 is 18.0 Å². The standard InChI is InChI=1S/C11H12F3NO.C2H6/c1-6-4-8(11(12,13)14)5-9(7(6)2)10(16)15-3;1-2/h4-5H,1-3H3,(H,15,16);1-2H3. The van der Waals surface area contributed by atoms with Crippen molar-refractivity contribution in [2.75, 3.05) is 7.05 Å². The minimum atomic E-state index is -4.43. The number of carbonyl (C=O) groups is 1. The van der Waals surface area contributed by atoms with E-state index in [2.05, 4.69) is 5.32 Å². The van der Waals surface area contributed by atoms with Crippen LogP contribution in [0.1, 0.15) is 40.9 Å². The molecule has 0 heterocycles. The van der Waals surface area contributed by atoms with Crippen molar-refractivity contribution in [2.24, 2.45) is 0 Å². The van der Waals surface area contributed by atoms with Crippen molar-refractivity contribution in [1.29, 1.82) is 0 Å². The Morgan fingerprint density at radius 2 is 1.67 bits per heavy atom. The lowest BCUT2D eigenvalue weighted by Crippen LogP contribution is -2.20. The molecule has 1 rings (SSSR count). The van der Waals surface area contributed by atoms with Gasteiger partial charge in [-0.15, -0.1) is 0 Å². The number of hydrogen-bond donors (Lipinski definition) is 1. The van der Waals surface area contributed by atoms with E-state index in [9.17, 15) is 18.0 Å². The van der Waals surface area contributed by atoms with E-state index in [0.717, 1.165) is 12.1 Å². The van der Waals surface area contributed by atoms with Crippen LogP contribution in [0.3, 0.4) is 0 Å². The molecule has 2 nitrogen and oxygen atoms in total. The minimum Gasteiger partial charge on any atom is -0.355 e. The number of hydrogen-bond acceptors (Lipinski definition) is 1. The molecule has 102 valence electrons. The van der Waals surface area contributed by atoms with Gasteiger partial charge in [0, 0.05) is 12.6 Å². The number of benzene rings is 1. The predicted molar refractivity (Wildman–Crippen MR) is 65.7 cm³/mol. The summed E-state index contributed by atoms with van der Waals surface area (Å²) in [5, 5.41) is 2.32. The molecule has 0 bridgehead atoms. The number of nitrogens with one attached hydrogen (secondary N) is 1. The van der Waals surface area contributed by atoms with Crippen LogP contribution >= 0.6 is 0 Å². The molecule has 1 N–H and O–H groups in total. The van der Waals surface area contributed by atoms with Gasteiger partial charge in [0.25, 0.3) is 5.91 Å². The maximum absolute atomic E-state index is 12.5. The second-order valence-electron chi connectivity index (χ2n) is 3.54. The summed E-state index contributed by atoms with van der Waals surface area (Å²) >= 11 is 0. The van der Waals surface area contributed by atoms with Crippen molar-refractivity contribution >= 4 is 5.91 Å². The highest BCUT2D eigenvalue weighted by Gasteiger charge is 2.32. The van der Waals surface area contributed by atoms with Crippen LogP contribution < -0.4 is 5.32 Å². The maximum atomic E-state index is 12.5. The van der Waals surface area contributed by atoms with Gasteiger partial charge in [0.2, 0.25) is 0 Å². The summed E-state index contributed by atoms with van der Waals surface area (Å²) in [7, 11) is 1.39. The summed E-state index contributed by atoms with van der Waals surface area (Å²) in [4.78, 5) is 11.4. The summed E-state index contributed by atoms with van der Waals surface area (Å²) in [6.07, 6.45) is -4.43. The van der Waals surface area contributed by atoms with Gasteiger partial charge in [0.15, 0.2) is 0 Å². The monoisotopic (exact) mass is 261 g/mol. The average Bonchev–Trinajstić information content (AvgIpc) is 2.32. The molecule has 0 spiro atoms. The topological polar surface area (TPSA) is 29.1 Å². The highest BCUT2D eigenvalue weighted by Crippen LogP contribution is 2.31. The molecule has 0 unspecified atom stereocenters. The van der Waals surface area contributed by atoms with Crippen LogP contribution in [0.4, 0.5) is 13.2 Å². The maximum Gasteiger partial charge on any atom is 0.416 e. The Labute approximate surface area is 105 Å². The molecule has 0 radical (unpaired) electrons. The molecule has 1 aromatic carbocycles. The fourth-order valence-corrected chi connectivity index (χ4v) is 1.39. The number of rotatable bonds is 1. The Morgan fingerprint density at radius 1 is 1.17 bits per heavy atom. The van der Waals surface area contributed by atoms with Gasteiger partial charge in [0.05, 0.1) is 5.56 Å². The zero-order valence-corrected chi connectivity index (χ0v) is 11.2. The fourth-order valence-electron chi connectivity index (χ4n) is 1.39. The van der Waals surface area contributed by atoms with E-state index in [1.807, 2.05) is 13.8 Å². The average molecular weight is 261 g/mol. The van der Waals surface area contributed by atoms with Gasteiger partial charge in [-0.2, -0.15) is 13.2 Å². The Hall–Kier alpha value is -1.52. The van der Waals surface area contributed by atoms with Crippen LogP contribution in [-0.4, -0.2) is 13.0 Å². The molecule has 0 fully saturated rings. The minimum absolute atomic E-state index is 0.0647. The van der Waals surface area contributed by atoms with Gasteiger partial charge in [-0.25, -0.2) is 0 Å². The molecule has 1 amide bonds. The number of aryl methyl sites for hydroxylation is 1. The first kappa shape index (κ1) is 16.5. The Kier molecular flexibility index (Phi) is 5.88. The van der Waals surface area contributed by atoms with Gasteiger partial charge >= 0.3 is 6.18 Å². The van der Waals surface area contributed by atoms with Crippen LogP contribution in [0.2, 0.25) is 0 Å². The van der Waals surface area contributed by atoms with Crippen LogP contribution in [-0.2, 0) is 6.18 Å². The molecular formula is C13H18F3NO. The highest BCUT2D eigenvalue weighted by atomic mass is 19.4. The van der Waals surface area contributed by atoms with E-state index in [4.69, 9.17) is 0 Å². The first-order chi connectivity index (χ1) is 8.27. The predicted octanol–water partition coefficient (Wildman–Crippen LogP) is 3.71. The summed E-state index contributed by atoms with van der Waals surface area (Å²) in [6, 6.07) is 1.92. The van der Waals surface area contributed by atoms with E-state index < -0.39 is 17.6 Å². The lowest BCUT2D eigenvalue weighted by atomic mass is 9.99. The van der Waals surface area contributed by atoms with Gasteiger partial charge in [-0.05, 0) is 37.1 Å². The molecule has 1 aromatic rings. The van der Waals surface area contributed by atoms with Crippen LogP contribution in [0.15, 0.2) is 12.1 Å². The Morgan fingerprint density at radius 3 is 2.06 bits per heavy atom. The van der Waals surface area contributed by atoms with Gasteiger partial charge in [-0.1, -0.05) is 13.8 Å². The third-order valence-corrected chi connectivity index (χ3v) is 2.47. The van der Waals surface area contributed by atoms with Crippen LogP contribution in [0.5, 0.6) is 0 Å². The number of halogens is 3. The van der Waals surface area contributed by atoms with E-state index in [0.29, 0.717) is 11.1 Å². The normalized spacial score (nSPS) is 10.4. The number of amides is 1. The van der Waals surface area contributed by atoms with Gasteiger partial charge < -0.3 is 5.32 Å². The molecule has 0 atom stereocenters. The molecular weight excluding hydrogens is 243 g/mol. The second-order valence-corrected chi connectivity index (χ2v) is 3.54. The van der Waals surface area contributed by atoms with E-state index in [1.54, 1.807) is 13.8 Å². The van der Waals surface area contributed by atoms with Crippen molar-refractivity contribution in [3.05, 3.63) is 34.4 Å². The molecule has 0 aliphatic rings. The van der Waals surface area contributed by atoms with Gasteiger partial charge in [-0.3, -0.25) is 4.79 Å². The number of alkyl halides is 3. The molecule has 0 aliphatic carbocycles. The smallest absolute Gasteiger partial charge is 0.355 e. The van der Waals surface area contributed by atoms with E-state index in [-0.39, 0.29) is 5.56 Å². The van der Waals surface area contributed by atoms with E-state index in [1.165, 1.54) is 7.05 Å². The first-order valence-electron chi connectivity index (χ1n) is 5.68. The Balaban J connectivity index is 0.00000137. The van der Waals surface area contributed by atoms with E-state index >= 15 is 0 Å². The third kappa shape index (κ3) is 3.75. The van der Waals surface area contributed by atoms with Crippen molar-refractivity contribution in [3.8, 4) is 0 Å². The zero-order valence-electron chi connectivity index (χ0n) is 11.2. The fraction of sp³-hybridized carbons (Fsp3) is 0.462. The second kappa shape index (κ2) is 6.42. The molecule has 0 aromatic heterocycles.